The van der Waals surface area contributed by atoms with Gasteiger partial charge in [0.1, 0.15) is 11.9 Å². The van der Waals surface area contributed by atoms with Gasteiger partial charge in [0, 0.05) is 0 Å². The van der Waals surface area contributed by atoms with Gasteiger partial charge in [0.2, 0.25) is 11.8 Å². The first-order valence-corrected chi connectivity index (χ1v) is 8.88. The molecule has 0 spiro atoms. The highest BCUT2D eigenvalue weighted by Crippen LogP contribution is 2.26. The number of fused-ring (bicyclic) bond motifs is 2. The number of amides is 3. The lowest BCUT2D eigenvalue weighted by atomic mass is 10.1. The predicted octanol–water partition coefficient (Wildman–Crippen LogP) is 2.51. The predicted molar refractivity (Wildman–Crippen MR) is 99.2 cm³/mol. The minimum Gasteiger partial charge on any atom is -0.340 e. The van der Waals surface area contributed by atoms with Crippen LogP contribution in [0.4, 0.5) is 15.2 Å². The molecule has 0 fully saturated rings. The van der Waals surface area contributed by atoms with Crippen LogP contribution in [0.15, 0.2) is 42.5 Å². The Hall–Kier alpha value is -3.33. The van der Waals surface area contributed by atoms with E-state index in [1.54, 1.807) is 24.3 Å². The van der Waals surface area contributed by atoms with Crippen LogP contribution in [-0.4, -0.2) is 28.7 Å². The Bertz CT molecular complexity index is 1080. The fourth-order valence-electron chi connectivity index (χ4n) is 2.76. The van der Waals surface area contributed by atoms with Crippen LogP contribution >= 0.6 is 11.3 Å². The van der Waals surface area contributed by atoms with E-state index >= 15 is 0 Å². The third kappa shape index (κ3) is 3.49. The van der Waals surface area contributed by atoms with E-state index in [0.29, 0.717) is 26.6 Å². The maximum atomic E-state index is 13.3. The molecule has 0 saturated carbocycles. The van der Waals surface area contributed by atoms with Crippen LogP contribution in [0.5, 0.6) is 0 Å². The van der Waals surface area contributed by atoms with Gasteiger partial charge in [0.15, 0.2) is 5.13 Å². The number of hydrogen-bond donors (Lipinski definition) is 3. The van der Waals surface area contributed by atoms with Gasteiger partial charge in [-0.05, 0) is 30.3 Å². The number of aromatic nitrogens is 1. The van der Waals surface area contributed by atoms with Crippen LogP contribution in [0.25, 0.3) is 10.2 Å². The average molecular weight is 384 g/mol. The molecule has 27 heavy (non-hydrogen) atoms. The molecule has 3 aromatic rings. The van der Waals surface area contributed by atoms with E-state index in [4.69, 9.17) is 0 Å². The first kappa shape index (κ1) is 17.1. The average Bonchev–Trinajstić information content (AvgIpc) is 2.97. The summed E-state index contributed by atoms with van der Waals surface area (Å²) < 4.78 is 13.9. The Balaban J connectivity index is 1.47. The molecule has 9 heteroatoms. The van der Waals surface area contributed by atoms with Crippen LogP contribution < -0.4 is 16.0 Å². The molecule has 1 aromatic heterocycles. The maximum Gasteiger partial charge on any atom is 0.254 e. The molecule has 7 nitrogen and oxygen atoms in total. The van der Waals surface area contributed by atoms with Crippen LogP contribution in [0, 0.1) is 5.82 Å². The summed E-state index contributed by atoms with van der Waals surface area (Å²) in [4.78, 5) is 41.1. The molecule has 4 rings (SSSR count). The smallest absolute Gasteiger partial charge is 0.254 e. The SMILES string of the molecule is O=C(C[C@H]1NC(=O)c2ccccc2NC1=O)Nc1nc2ccc(F)cc2s1. The number of anilines is 2. The van der Waals surface area contributed by atoms with Gasteiger partial charge in [0.25, 0.3) is 5.91 Å². The Morgan fingerprint density at radius 2 is 2.04 bits per heavy atom. The van der Waals surface area contributed by atoms with Crippen molar-refractivity contribution in [2.24, 2.45) is 0 Å². The highest BCUT2D eigenvalue weighted by atomic mass is 32.1. The third-order valence-electron chi connectivity index (χ3n) is 4.04. The van der Waals surface area contributed by atoms with Crippen molar-refractivity contribution in [3.63, 3.8) is 0 Å². The number of rotatable bonds is 3. The van der Waals surface area contributed by atoms with E-state index in [1.165, 1.54) is 18.2 Å². The summed E-state index contributed by atoms with van der Waals surface area (Å²) in [5.41, 5.74) is 1.30. The molecule has 3 N–H and O–H groups in total. The van der Waals surface area contributed by atoms with Gasteiger partial charge in [-0.1, -0.05) is 23.5 Å². The zero-order valence-corrected chi connectivity index (χ0v) is 14.6. The van der Waals surface area contributed by atoms with Crippen molar-refractivity contribution >= 4 is 50.1 Å². The lowest BCUT2D eigenvalue weighted by Gasteiger charge is -2.13. The van der Waals surface area contributed by atoms with Crippen molar-refractivity contribution in [3.05, 3.63) is 53.8 Å². The number of nitrogens with zero attached hydrogens (tertiary/aromatic N) is 1. The second kappa shape index (κ2) is 6.76. The standard InChI is InChI=1S/C18H13FN4O3S/c19-9-5-6-12-14(7-9)27-18(22-12)23-15(24)8-13-17(26)20-11-4-2-1-3-10(11)16(25)21-13/h1-7,13H,8H2,(H,20,26)(H,21,25)(H,22,23,24)/t13-/m1/s1. The van der Waals surface area contributed by atoms with Crippen LogP contribution in [0.1, 0.15) is 16.8 Å². The molecule has 0 radical (unpaired) electrons. The minimum absolute atomic E-state index is 0.254. The van der Waals surface area contributed by atoms with Gasteiger partial charge in [-0.2, -0.15) is 0 Å². The zero-order valence-electron chi connectivity index (χ0n) is 13.8. The molecule has 1 aliphatic rings. The molecular weight excluding hydrogens is 371 g/mol. The van der Waals surface area contributed by atoms with Crippen molar-refractivity contribution in [2.45, 2.75) is 12.5 Å². The van der Waals surface area contributed by atoms with E-state index in [-0.39, 0.29) is 12.2 Å². The fourth-order valence-corrected chi connectivity index (χ4v) is 3.67. The monoisotopic (exact) mass is 384 g/mol. The highest BCUT2D eigenvalue weighted by Gasteiger charge is 2.29. The zero-order chi connectivity index (χ0) is 19.0. The molecule has 0 saturated heterocycles. The van der Waals surface area contributed by atoms with E-state index in [2.05, 4.69) is 20.9 Å². The molecule has 136 valence electrons. The second-order valence-electron chi connectivity index (χ2n) is 5.94. The third-order valence-corrected chi connectivity index (χ3v) is 4.97. The summed E-state index contributed by atoms with van der Waals surface area (Å²) in [6.07, 6.45) is -0.254. The number of hydrogen-bond acceptors (Lipinski definition) is 5. The molecule has 0 bridgehead atoms. The van der Waals surface area contributed by atoms with Crippen molar-refractivity contribution in [1.82, 2.24) is 10.3 Å². The van der Waals surface area contributed by atoms with Gasteiger partial charge >= 0.3 is 0 Å². The number of para-hydroxylation sites is 1. The molecule has 2 heterocycles. The van der Waals surface area contributed by atoms with Gasteiger partial charge in [-0.3, -0.25) is 14.4 Å². The summed E-state index contributed by atoms with van der Waals surface area (Å²) in [5.74, 6) is -1.78. The Morgan fingerprint density at radius 1 is 1.22 bits per heavy atom. The summed E-state index contributed by atoms with van der Waals surface area (Å²) in [5, 5.41) is 8.09. The lowest BCUT2D eigenvalue weighted by molar-refractivity contribution is -0.122. The largest absolute Gasteiger partial charge is 0.340 e. The molecule has 3 amide bonds. The first-order valence-electron chi connectivity index (χ1n) is 8.06. The molecule has 0 aliphatic carbocycles. The number of carbonyl (C=O) groups excluding carboxylic acids is 3. The highest BCUT2D eigenvalue weighted by molar-refractivity contribution is 7.22. The second-order valence-corrected chi connectivity index (χ2v) is 6.97. The normalized spacial score (nSPS) is 16.3. The maximum absolute atomic E-state index is 13.3. The van der Waals surface area contributed by atoms with E-state index in [1.807, 2.05) is 0 Å². The van der Waals surface area contributed by atoms with Gasteiger partial charge in [-0.15, -0.1) is 0 Å². The summed E-state index contributed by atoms with van der Waals surface area (Å²) in [7, 11) is 0. The van der Waals surface area contributed by atoms with Gasteiger partial charge < -0.3 is 16.0 Å². The molecule has 1 atom stereocenters. The molecule has 1 aliphatic heterocycles. The fraction of sp³-hybridized carbons (Fsp3) is 0.111. The number of nitrogens with one attached hydrogen (secondary N) is 3. The van der Waals surface area contributed by atoms with Crippen molar-refractivity contribution < 1.29 is 18.8 Å². The number of halogens is 1. The van der Waals surface area contributed by atoms with Crippen molar-refractivity contribution in [1.29, 1.82) is 0 Å². The summed E-state index contributed by atoms with van der Waals surface area (Å²) >= 11 is 1.13. The summed E-state index contributed by atoms with van der Waals surface area (Å²) in [6.45, 7) is 0. The van der Waals surface area contributed by atoms with Crippen molar-refractivity contribution in [3.8, 4) is 0 Å². The summed E-state index contributed by atoms with van der Waals surface area (Å²) in [6, 6.07) is 9.73. The number of carbonyl (C=O) groups is 3. The van der Waals surface area contributed by atoms with Gasteiger partial charge in [0.05, 0.1) is 27.9 Å². The van der Waals surface area contributed by atoms with E-state index in [0.717, 1.165) is 11.3 Å². The number of thiazole rings is 1. The lowest BCUT2D eigenvalue weighted by Crippen LogP contribution is -2.43. The Kier molecular flexibility index (Phi) is 4.28. The quantitative estimate of drug-likeness (QED) is 0.646. The van der Waals surface area contributed by atoms with Crippen LogP contribution in [0.2, 0.25) is 0 Å². The topological polar surface area (TPSA) is 100 Å². The molecule has 0 unspecified atom stereocenters. The Morgan fingerprint density at radius 3 is 2.89 bits per heavy atom. The van der Waals surface area contributed by atoms with Crippen LogP contribution in [-0.2, 0) is 9.59 Å². The van der Waals surface area contributed by atoms with E-state index < -0.39 is 23.8 Å². The number of benzene rings is 2. The van der Waals surface area contributed by atoms with Crippen LogP contribution in [0.3, 0.4) is 0 Å². The van der Waals surface area contributed by atoms with Gasteiger partial charge in [-0.25, -0.2) is 9.37 Å². The van der Waals surface area contributed by atoms with E-state index in [9.17, 15) is 18.8 Å². The first-order chi connectivity index (χ1) is 13.0. The minimum atomic E-state index is -1.02. The Labute approximate surface area is 156 Å². The molecular formula is C18H13FN4O3S. The van der Waals surface area contributed by atoms with Crippen molar-refractivity contribution in [2.75, 3.05) is 10.6 Å². The molecule has 2 aromatic carbocycles.